The first-order valence-electron chi connectivity index (χ1n) is 5.24. The summed E-state index contributed by atoms with van der Waals surface area (Å²) < 4.78 is 5.56. The number of aromatic nitrogens is 2. The molecule has 1 aromatic carbocycles. The van der Waals surface area contributed by atoms with E-state index in [9.17, 15) is 4.79 Å². The quantitative estimate of drug-likeness (QED) is 0.916. The summed E-state index contributed by atoms with van der Waals surface area (Å²) in [7, 11) is 0. The van der Waals surface area contributed by atoms with E-state index in [1.54, 1.807) is 17.6 Å². The van der Waals surface area contributed by atoms with Gasteiger partial charge >= 0.3 is 0 Å². The van der Waals surface area contributed by atoms with E-state index in [0.29, 0.717) is 22.3 Å². The molecule has 1 amide bonds. The second-order valence-corrected chi connectivity index (χ2v) is 5.07. The fraction of sp³-hybridized carbons (Fsp3) is 0.182. The molecule has 0 fully saturated rings. The topological polar surface area (TPSA) is 64.1 Å². The molecule has 1 atom stereocenters. The minimum Gasteiger partial charge on any atom is -0.480 e. The maximum atomic E-state index is 11.9. The number of nitrogens with zero attached hydrogens (tertiary/aromatic N) is 2. The highest BCUT2D eigenvalue weighted by molar-refractivity contribution is 7.13. The number of nitrogens with one attached hydrogen (secondary N) is 1. The van der Waals surface area contributed by atoms with Gasteiger partial charge in [0.05, 0.1) is 0 Å². The van der Waals surface area contributed by atoms with Crippen molar-refractivity contribution in [3.63, 3.8) is 0 Å². The van der Waals surface area contributed by atoms with Crippen LogP contribution < -0.4 is 10.1 Å². The van der Waals surface area contributed by atoms with Crippen LogP contribution in [0.1, 0.15) is 5.56 Å². The average molecular weight is 282 g/mol. The van der Waals surface area contributed by atoms with Crippen LogP contribution in [-0.2, 0) is 11.2 Å². The van der Waals surface area contributed by atoms with Crippen LogP contribution in [0.2, 0.25) is 5.02 Å². The SMILES string of the molecule is O=C(Nc1nncs1)[C@H]1Cc2cc(Cl)ccc2O1. The molecular weight excluding hydrogens is 274 g/mol. The Morgan fingerprint density at radius 1 is 1.56 bits per heavy atom. The van der Waals surface area contributed by atoms with Gasteiger partial charge in [0.1, 0.15) is 11.3 Å². The predicted octanol–water partition coefficient (Wildman–Crippen LogP) is 2.13. The molecule has 7 heteroatoms. The third kappa shape index (κ3) is 2.16. The Morgan fingerprint density at radius 2 is 2.44 bits per heavy atom. The van der Waals surface area contributed by atoms with Gasteiger partial charge in [0, 0.05) is 11.4 Å². The summed E-state index contributed by atoms with van der Waals surface area (Å²) in [6.07, 6.45) is -0.0251. The lowest BCUT2D eigenvalue weighted by atomic mass is 10.1. The van der Waals surface area contributed by atoms with E-state index in [2.05, 4.69) is 15.5 Å². The first-order valence-corrected chi connectivity index (χ1v) is 6.50. The molecule has 0 unspecified atom stereocenters. The molecule has 0 bridgehead atoms. The second-order valence-electron chi connectivity index (χ2n) is 3.80. The molecule has 3 rings (SSSR count). The zero-order chi connectivity index (χ0) is 12.5. The Morgan fingerprint density at radius 3 is 3.22 bits per heavy atom. The van der Waals surface area contributed by atoms with Crippen molar-refractivity contribution in [3.8, 4) is 5.75 Å². The molecule has 1 aromatic heterocycles. The Labute approximate surface area is 112 Å². The lowest BCUT2D eigenvalue weighted by Crippen LogP contribution is -2.31. The molecule has 2 heterocycles. The molecular formula is C11H8ClN3O2S. The summed E-state index contributed by atoms with van der Waals surface area (Å²) in [4.78, 5) is 11.9. The maximum absolute atomic E-state index is 11.9. The summed E-state index contributed by atoms with van der Waals surface area (Å²) in [6.45, 7) is 0. The molecule has 0 saturated heterocycles. The number of hydrogen-bond acceptors (Lipinski definition) is 5. The van der Waals surface area contributed by atoms with Crippen LogP contribution in [0.5, 0.6) is 5.75 Å². The van der Waals surface area contributed by atoms with Gasteiger partial charge in [-0.25, -0.2) is 0 Å². The summed E-state index contributed by atoms with van der Waals surface area (Å²) in [5.74, 6) is 0.482. The largest absolute Gasteiger partial charge is 0.480 e. The molecule has 0 radical (unpaired) electrons. The smallest absolute Gasteiger partial charge is 0.267 e. The highest BCUT2D eigenvalue weighted by Gasteiger charge is 2.29. The van der Waals surface area contributed by atoms with Crippen molar-refractivity contribution in [1.82, 2.24) is 10.2 Å². The number of amides is 1. The van der Waals surface area contributed by atoms with Gasteiger partial charge in [-0.1, -0.05) is 22.9 Å². The summed E-state index contributed by atoms with van der Waals surface area (Å²) >= 11 is 7.16. The van der Waals surface area contributed by atoms with E-state index in [1.165, 1.54) is 11.3 Å². The van der Waals surface area contributed by atoms with Gasteiger partial charge < -0.3 is 4.74 Å². The van der Waals surface area contributed by atoms with Crippen molar-refractivity contribution in [2.45, 2.75) is 12.5 Å². The van der Waals surface area contributed by atoms with Crippen molar-refractivity contribution in [2.75, 3.05) is 5.32 Å². The number of ether oxygens (including phenoxy) is 1. The number of anilines is 1. The molecule has 0 aliphatic carbocycles. The summed E-state index contributed by atoms with van der Waals surface area (Å²) in [5.41, 5.74) is 2.50. The van der Waals surface area contributed by atoms with Gasteiger partial charge in [-0.05, 0) is 23.8 Å². The molecule has 2 aromatic rings. The van der Waals surface area contributed by atoms with E-state index < -0.39 is 6.10 Å². The third-order valence-electron chi connectivity index (χ3n) is 2.58. The van der Waals surface area contributed by atoms with Crippen molar-refractivity contribution < 1.29 is 9.53 Å². The lowest BCUT2D eigenvalue weighted by molar-refractivity contribution is -0.122. The van der Waals surface area contributed by atoms with E-state index >= 15 is 0 Å². The molecule has 0 spiro atoms. The monoisotopic (exact) mass is 281 g/mol. The number of fused-ring (bicyclic) bond motifs is 1. The summed E-state index contributed by atoms with van der Waals surface area (Å²) in [5, 5.41) is 11.2. The van der Waals surface area contributed by atoms with Crippen LogP contribution in [0, 0.1) is 0 Å². The minimum absolute atomic E-state index is 0.223. The fourth-order valence-electron chi connectivity index (χ4n) is 1.78. The Bertz CT molecular complexity index is 588. The molecule has 18 heavy (non-hydrogen) atoms. The second kappa shape index (κ2) is 4.55. The first-order chi connectivity index (χ1) is 8.72. The van der Waals surface area contributed by atoms with Crippen LogP contribution in [0.25, 0.3) is 0 Å². The van der Waals surface area contributed by atoms with E-state index in [1.807, 2.05) is 6.07 Å². The maximum Gasteiger partial charge on any atom is 0.267 e. The first kappa shape index (κ1) is 11.4. The minimum atomic E-state index is -0.539. The third-order valence-corrected chi connectivity index (χ3v) is 3.42. The molecule has 0 saturated carbocycles. The number of carbonyl (C=O) groups excluding carboxylic acids is 1. The highest BCUT2D eigenvalue weighted by Crippen LogP contribution is 2.31. The Balaban J connectivity index is 1.72. The number of rotatable bonds is 2. The normalized spacial score (nSPS) is 17.1. The van der Waals surface area contributed by atoms with Crippen LogP contribution in [-0.4, -0.2) is 22.2 Å². The van der Waals surface area contributed by atoms with Gasteiger partial charge in [0.15, 0.2) is 6.10 Å². The molecule has 1 aliphatic rings. The summed E-state index contributed by atoms with van der Waals surface area (Å²) in [6, 6.07) is 5.33. The Hall–Kier alpha value is -1.66. The van der Waals surface area contributed by atoms with Crippen LogP contribution in [0.3, 0.4) is 0 Å². The van der Waals surface area contributed by atoms with Crippen molar-refractivity contribution in [2.24, 2.45) is 0 Å². The highest BCUT2D eigenvalue weighted by atomic mass is 35.5. The van der Waals surface area contributed by atoms with E-state index in [0.717, 1.165) is 5.56 Å². The van der Waals surface area contributed by atoms with E-state index in [-0.39, 0.29) is 5.91 Å². The fourth-order valence-corrected chi connectivity index (χ4v) is 2.42. The van der Waals surface area contributed by atoms with Crippen molar-refractivity contribution in [1.29, 1.82) is 0 Å². The van der Waals surface area contributed by atoms with E-state index in [4.69, 9.17) is 16.3 Å². The number of hydrogen-bond donors (Lipinski definition) is 1. The zero-order valence-corrected chi connectivity index (χ0v) is 10.7. The molecule has 5 nitrogen and oxygen atoms in total. The number of carbonyl (C=O) groups is 1. The number of halogens is 1. The van der Waals surface area contributed by atoms with Crippen LogP contribution in [0.4, 0.5) is 5.13 Å². The standard InChI is InChI=1S/C11H8ClN3O2S/c12-7-1-2-8-6(3-7)4-9(17-8)10(16)14-11-15-13-5-18-11/h1-3,5,9H,4H2,(H,14,15,16)/t9-/m1/s1. The lowest BCUT2D eigenvalue weighted by Gasteiger charge is -2.08. The van der Waals surface area contributed by atoms with Crippen molar-refractivity contribution >= 4 is 34.0 Å². The predicted molar refractivity (Wildman–Crippen MR) is 68.1 cm³/mol. The van der Waals surface area contributed by atoms with Crippen LogP contribution >= 0.6 is 22.9 Å². The van der Waals surface area contributed by atoms with Gasteiger partial charge in [0.25, 0.3) is 5.91 Å². The van der Waals surface area contributed by atoms with Crippen molar-refractivity contribution in [3.05, 3.63) is 34.3 Å². The zero-order valence-electron chi connectivity index (χ0n) is 9.09. The number of benzene rings is 1. The molecule has 1 N–H and O–H groups in total. The average Bonchev–Trinajstić information content (AvgIpc) is 2.96. The van der Waals surface area contributed by atoms with Gasteiger partial charge in [-0.15, -0.1) is 10.2 Å². The van der Waals surface area contributed by atoms with Gasteiger partial charge in [-0.2, -0.15) is 0 Å². The van der Waals surface area contributed by atoms with Crippen LogP contribution in [0.15, 0.2) is 23.7 Å². The van der Waals surface area contributed by atoms with Gasteiger partial charge in [-0.3, -0.25) is 10.1 Å². The van der Waals surface area contributed by atoms with Gasteiger partial charge in [0.2, 0.25) is 5.13 Å². The molecule has 92 valence electrons. The molecule has 1 aliphatic heterocycles. The Kier molecular flexibility index (Phi) is 2.89.